The molecule has 6 rings (SSSR count). The number of nitrogens with zero attached hydrogens (tertiary/aromatic N) is 3. The fourth-order valence-corrected chi connectivity index (χ4v) is 9.74. The van der Waals surface area contributed by atoms with Crippen LogP contribution in [0.3, 0.4) is 0 Å². The van der Waals surface area contributed by atoms with Crippen molar-refractivity contribution in [2.75, 3.05) is 0 Å². The van der Waals surface area contributed by atoms with Crippen LogP contribution in [0.25, 0.3) is 0 Å². The van der Waals surface area contributed by atoms with Crippen molar-refractivity contribution in [3.63, 3.8) is 0 Å². The first-order valence-electron chi connectivity index (χ1n) is 13.3. The van der Waals surface area contributed by atoms with E-state index in [-0.39, 0.29) is 6.04 Å². The molecule has 0 aliphatic rings. The lowest BCUT2D eigenvalue weighted by molar-refractivity contribution is 0.537. The maximum absolute atomic E-state index is 5.36. The fourth-order valence-electron chi connectivity index (χ4n) is 4.83. The Bertz CT molecular complexity index is 1480. The van der Waals surface area contributed by atoms with Gasteiger partial charge in [0.1, 0.15) is 16.9 Å². The largest absolute Gasteiger partial charge is 0.172 e. The number of benzene rings is 5. The summed E-state index contributed by atoms with van der Waals surface area (Å²) in [7, 11) is -1.94. The van der Waals surface area contributed by atoms with Crippen molar-refractivity contribution in [2.24, 2.45) is 0 Å². The van der Waals surface area contributed by atoms with Crippen LogP contribution in [-0.2, 0) is 0 Å². The number of hydrogen-bond donors (Lipinski definition) is 0. The van der Waals surface area contributed by atoms with Crippen molar-refractivity contribution in [3.05, 3.63) is 170 Å². The lowest BCUT2D eigenvalue weighted by atomic mass is 10.1. The summed E-state index contributed by atoms with van der Waals surface area (Å²) in [5.74, 6) is 0. The van der Waals surface area contributed by atoms with Gasteiger partial charge in [-0.3, -0.25) is 0 Å². The Morgan fingerprint density at radius 2 is 0.775 bits per heavy atom. The molecule has 5 aromatic carbocycles. The normalized spacial score (nSPS) is 11.9. The van der Waals surface area contributed by atoms with Crippen LogP contribution in [-0.4, -0.2) is 15.0 Å². The van der Waals surface area contributed by atoms with Gasteiger partial charge in [-0.05, 0) is 26.8 Å². The highest BCUT2D eigenvalue weighted by molar-refractivity contribution is 7.85. The summed E-state index contributed by atoms with van der Waals surface area (Å²) in [5.41, 5.74) is 3.18. The van der Waals surface area contributed by atoms with E-state index in [0.717, 1.165) is 16.4 Å². The van der Waals surface area contributed by atoms with E-state index < -0.39 is 15.8 Å². The van der Waals surface area contributed by atoms with Gasteiger partial charge in [0.15, 0.2) is 0 Å². The van der Waals surface area contributed by atoms with Crippen LogP contribution < -0.4 is 32.1 Å². The third-order valence-corrected chi connectivity index (χ3v) is 11.6. The monoisotopic (exact) mass is 553 g/mol. The summed E-state index contributed by atoms with van der Waals surface area (Å²) in [6, 6.07) is 53.2. The van der Waals surface area contributed by atoms with E-state index in [4.69, 9.17) is 10.2 Å². The van der Waals surface area contributed by atoms with Gasteiger partial charge in [0.25, 0.3) is 0 Å². The van der Waals surface area contributed by atoms with Gasteiger partial charge in [0, 0.05) is 15.8 Å². The first kappa shape index (κ1) is 26.1. The number of hydrogen-bond acceptors (Lipinski definition) is 2. The first-order valence-corrected chi connectivity index (χ1v) is 16.0. The van der Waals surface area contributed by atoms with E-state index in [9.17, 15) is 0 Å². The maximum Gasteiger partial charge on any atom is 0.123 e. The average Bonchev–Trinajstić information content (AvgIpc) is 3.44. The molecule has 0 N–H and O–H groups in total. The zero-order valence-electron chi connectivity index (χ0n) is 22.0. The molecule has 3 nitrogen and oxygen atoms in total. The molecular formula is C35H29N3P2. The molecule has 0 fully saturated rings. The molecule has 0 saturated carbocycles. The molecule has 0 amide bonds. The Labute approximate surface area is 238 Å². The highest BCUT2D eigenvalue weighted by Gasteiger charge is 2.32. The minimum atomic E-state index is -0.970. The molecule has 1 unspecified atom stereocenters. The van der Waals surface area contributed by atoms with Gasteiger partial charge in [0.2, 0.25) is 0 Å². The van der Waals surface area contributed by atoms with E-state index in [0.29, 0.717) is 0 Å². The second kappa shape index (κ2) is 12.3. The van der Waals surface area contributed by atoms with E-state index >= 15 is 0 Å². The standard InChI is InChI=1S/C35H29N3P2/c1-2-33(28-18-8-3-9-19-28)38-36-34(39(29-20-10-4-11-21-29)30-22-12-5-13-23-30)35(37-38)40(31-24-14-6-15-25-31)32-26-16-7-17-27-32/h2-27,33H,1H2. The van der Waals surface area contributed by atoms with Crippen molar-refractivity contribution < 1.29 is 0 Å². The number of aromatic nitrogens is 3. The lowest BCUT2D eigenvalue weighted by Crippen LogP contribution is -2.35. The summed E-state index contributed by atoms with van der Waals surface area (Å²) >= 11 is 0. The van der Waals surface area contributed by atoms with Crippen LogP contribution in [0.5, 0.6) is 0 Å². The topological polar surface area (TPSA) is 30.7 Å². The minimum absolute atomic E-state index is 0.180. The molecule has 0 radical (unpaired) electrons. The van der Waals surface area contributed by atoms with Crippen LogP contribution in [0.4, 0.5) is 0 Å². The summed E-state index contributed by atoms with van der Waals surface area (Å²) in [5, 5.41) is 15.7. The molecular weight excluding hydrogens is 524 g/mol. The molecule has 6 aromatic rings. The smallest absolute Gasteiger partial charge is 0.123 e. The fraction of sp³-hybridized carbons (Fsp3) is 0.0286. The predicted molar refractivity (Wildman–Crippen MR) is 172 cm³/mol. The third kappa shape index (κ3) is 5.45. The van der Waals surface area contributed by atoms with Crippen molar-refractivity contribution >= 4 is 47.9 Å². The van der Waals surface area contributed by atoms with Gasteiger partial charge in [-0.15, -0.1) is 6.58 Å². The zero-order valence-corrected chi connectivity index (χ0v) is 23.8. The Hall–Kier alpha value is -4.16. The van der Waals surface area contributed by atoms with E-state index in [1.165, 1.54) is 21.2 Å². The van der Waals surface area contributed by atoms with Crippen LogP contribution in [0, 0.1) is 0 Å². The molecule has 1 aromatic heterocycles. The third-order valence-electron chi connectivity index (χ3n) is 6.69. The van der Waals surface area contributed by atoms with Gasteiger partial charge < -0.3 is 0 Å². The van der Waals surface area contributed by atoms with Crippen LogP contribution in [0.2, 0.25) is 0 Å². The minimum Gasteiger partial charge on any atom is -0.172 e. The van der Waals surface area contributed by atoms with E-state index in [2.05, 4.69) is 152 Å². The molecule has 0 aliphatic heterocycles. The Balaban J connectivity index is 1.63. The molecule has 0 bridgehead atoms. The highest BCUT2D eigenvalue weighted by atomic mass is 31.1. The summed E-state index contributed by atoms with van der Waals surface area (Å²) in [6.45, 7) is 4.18. The SMILES string of the molecule is C=CC(c1ccccc1)n1nc(P(c2ccccc2)c2ccccc2)c(P(c2ccccc2)c2ccccc2)n1. The van der Waals surface area contributed by atoms with E-state index in [1.54, 1.807) is 0 Å². The lowest BCUT2D eigenvalue weighted by Gasteiger charge is -2.22. The van der Waals surface area contributed by atoms with Crippen LogP contribution in [0.15, 0.2) is 164 Å². The van der Waals surface area contributed by atoms with E-state index in [1.807, 2.05) is 16.9 Å². The molecule has 40 heavy (non-hydrogen) atoms. The van der Waals surface area contributed by atoms with Crippen LogP contribution in [0.1, 0.15) is 11.6 Å². The second-order valence-corrected chi connectivity index (χ2v) is 13.5. The number of allylic oxidation sites excluding steroid dienone is 1. The molecule has 0 aliphatic carbocycles. The van der Waals surface area contributed by atoms with Gasteiger partial charge in [-0.1, -0.05) is 158 Å². The van der Waals surface area contributed by atoms with Gasteiger partial charge in [0.05, 0.1) is 0 Å². The Kier molecular flexibility index (Phi) is 8.05. The first-order chi connectivity index (χ1) is 19.8. The Morgan fingerprint density at radius 3 is 1.07 bits per heavy atom. The molecule has 5 heteroatoms. The summed E-state index contributed by atoms with van der Waals surface area (Å²) in [4.78, 5) is 1.88. The van der Waals surface area contributed by atoms with Gasteiger partial charge >= 0.3 is 0 Å². The highest BCUT2D eigenvalue weighted by Crippen LogP contribution is 2.38. The van der Waals surface area contributed by atoms with Crippen molar-refractivity contribution in [1.29, 1.82) is 0 Å². The maximum atomic E-state index is 5.36. The average molecular weight is 554 g/mol. The number of rotatable bonds is 9. The van der Waals surface area contributed by atoms with Crippen molar-refractivity contribution in [1.82, 2.24) is 15.0 Å². The van der Waals surface area contributed by atoms with Crippen LogP contribution >= 0.6 is 15.8 Å². The molecule has 1 heterocycles. The molecule has 1 atom stereocenters. The molecule has 0 spiro atoms. The van der Waals surface area contributed by atoms with Gasteiger partial charge in [-0.2, -0.15) is 15.0 Å². The van der Waals surface area contributed by atoms with Gasteiger partial charge in [-0.25, -0.2) is 0 Å². The van der Waals surface area contributed by atoms with Crippen molar-refractivity contribution in [3.8, 4) is 0 Å². The van der Waals surface area contributed by atoms with Crippen molar-refractivity contribution in [2.45, 2.75) is 6.04 Å². The predicted octanol–water partition coefficient (Wildman–Crippen LogP) is 5.57. The summed E-state index contributed by atoms with van der Waals surface area (Å²) in [6.07, 6.45) is 1.93. The summed E-state index contributed by atoms with van der Waals surface area (Å²) < 4.78 is 0. The quantitative estimate of drug-likeness (QED) is 0.173. The second-order valence-electron chi connectivity index (χ2n) is 9.27. The molecule has 0 saturated heterocycles. The molecule has 194 valence electrons. The zero-order chi connectivity index (χ0) is 27.1. The Morgan fingerprint density at radius 1 is 0.475 bits per heavy atom.